The van der Waals surface area contributed by atoms with Crippen LogP contribution in [0.2, 0.25) is 0 Å². The molecule has 61 heavy (non-hydrogen) atoms. The van der Waals surface area contributed by atoms with E-state index in [-0.39, 0.29) is 5.41 Å². The number of thiophene rings is 1. The topological polar surface area (TPSA) is 25.8 Å². The molecule has 1 atom stereocenters. The van der Waals surface area contributed by atoms with Gasteiger partial charge >= 0.3 is 0 Å². The Morgan fingerprint density at radius 2 is 1.00 bits per heavy atom. The highest BCUT2D eigenvalue weighted by atomic mass is 32.1. The number of aromatic nitrogens is 2. The maximum atomic E-state index is 5.42. The van der Waals surface area contributed by atoms with Crippen molar-refractivity contribution in [2.24, 2.45) is 0 Å². The van der Waals surface area contributed by atoms with E-state index in [0.717, 1.165) is 39.2 Å². The maximum absolute atomic E-state index is 5.42. The van der Waals surface area contributed by atoms with Crippen molar-refractivity contribution in [1.29, 1.82) is 0 Å². The second-order valence-electron chi connectivity index (χ2n) is 16.2. The predicted molar refractivity (Wildman–Crippen MR) is 257 cm³/mol. The number of nitrogens with zero attached hydrogens (tertiary/aromatic N) is 2. The van der Waals surface area contributed by atoms with Crippen molar-refractivity contribution in [3.63, 3.8) is 0 Å². The molecule has 0 aliphatic heterocycles. The molecule has 0 N–H and O–H groups in total. The fourth-order valence-corrected chi connectivity index (χ4v) is 10.9. The average Bonchev–Trinajstić information content (AvgIpc) is 3.84. The summed E-state index contributed by atoms with van der Waals surface area (Å²) in [4.78, 5) is 10.8. The SMILES string of the molecule is CC1(c2ccccc2)c2ccccc2-c2c(-c3cc(-c4cc(-c5ccc6sc7ccccc7c6c5)cc(-c5cccc6ccccc56)c4)nc(-c4ccccc4)n3)cccc21. The van der Waals surface area contributed by atoms with Crippen LogP contribution in [0.1, 0.15) is 23.6 Å². The monoisotopic (exact) mass is 794 g/mol. The number of rotatable bonds is 6. The Kier molecular flexibility index (Phi) is 8.19. The van der Waals surface area contributed by atoms with Crippen LogP contribution in [0.25, 0.3) is 98.2 Å². The summed E-state index contributed by atoms with van der Waals surface area (Å²) in [7, 11) is 0. The molecule has 0 spiro atoms. The molecule has 2 nitrogen and oxygen atoms in total. The van der Waals surface area contributed by atoms with Gasteiger partial charge in [0, 0.05) is 42.3 Å². The van der Waals surface area contributed by atoms with Crippen molar-refractivity contribution >= 4 is 42.3 Å². The molecule has 12 rings (SSSR count). The lowest BCUT2D eigenvalue weighted by Gasteiger charge is -2.28. The van der Waals surface area contributed by atoms with Crippen molar-refractivity contribution < 1.29 is 0 Å². The van der Waals surface area contributed by atoms with Crippen molar-refractivity contribution in [3.8, 4) is 67.3 Å². The number of benzene rings is 9. The Bertz CT molecular complexity index is 3490. The summed E-state index contributed by atoms with van der Waals surface area (Å²) >= 11 is 1.85. The molecule has 0 amide bonds. The predicted octanol–water partition coefficient (Wildman–Crippen LogP) is 15.7. The first kappa shape index (κ1) is 35.5. The summed E-state index contributed by atoms with van der Waals surface area (Å²) in [5.41, 5.74) is 15.6. The van der Waals surface area contributed by atoms with Gasteiger partial charge in [0.05, 0.1) is 11.4 Å². The standard InChI is InChI=1S/C58H38N2S/c1-58(43-20-6-3-7-21-43)50-27-12-10-24-47(50)56-48(26-15-28-51(56)58)53-36-52(59-57(60-53)38-17-4-2-5-18-38)42-33-40(32-41(34-42)45-25-14-19-37-16-8-9-22-44(37)45)39-30-31-55-49(35-39)46-23-11-13-29-54(46)61-55/h2-36H,1H3. The third-order valence-electron chi connectivity index (χ3n) is 12.8. The minimum absolute atomic E-state index is 0.322. The van der Waals surface area contributed by atoms with Gasteiger partial charge in [0.15, 0.2) is 5.82 Å². The van der Waals surface area contributed by atoms with E-state index in [1.807, 2.05) is 17.4 Å². The van der Waals surface area contributed by atoms with Gasteiger partial charge in [-0.1, -0.05) is 170 Å². The van der Waals surface area contributed by atoms with Crippen LogP contribution in [0.15, 0.2) is 212 Å². The van der Waals surface area contributed by atoms with Gasteiger partial charge in [0.25, 0.3) is 0 Å². The average molecular weight is 795 g/mol. The summed E-state index contributed by atoms with van der Waals surface area (Å²) in [6.07, 6.45) is 0. The highest BCUT2D eigenvalue weighted by molar-refractivity contribution is 7.25. The fourth-order valence-electron chi connectivity index (χ4n) is 9.77. The van der Waals surface area contributed by atoms with Crippen LogP contribution in [-0.4, -0.2) is 9.97 Å². The van der Waals surface area contributed by atoms with E-state index >= 15 is 0 Å². The van der Waals surface area contributed by atoms with E-state index in [2.05, 4.69) is 213 Å². The number of hydrogen-bond acceptors (Lipinski definition) is 3. The lowest BCUT2D eigenvalue weighted by molar-refractivity contribution is 0.714. The van der Waals surface area contributed by atoms with E-state index in [0.29, 0.717) is 5.82 Å². The van der Waals surface area contributed by atoms with Gasteiger partial charge in [-0.25, -0.2) is 9.97 Å². The molecular weight excluding hydrogens is 757 g/mol. The molecule has 0 fully saturated rings. The molecular formula is C58H38N2S. The zero-order valence-electron chi connectivity index (χ0n) is 33.5. The Labute approximate surface area is 359 Å². The molecule has 1 unspecified atom stereocenters. The minimum atomic E-state index is -0.322. The third kappa shape index (κ3) is 5.77. The van der Waals surface area contributed by atoms with Crippen molar-refractivity contribution in [3.05, 3.63) is 229 Å². The van der Waals surface area contributed by atoms with Crippen LogP contribution in [-0.2, 0) is 5.41 Å². The normalized spacial score (nSPS) is 14.4. The summed E-state index contributed by atoms with van der Waals surface area (Å²) < 4.78 is 2.60. The smallest absolute Gasteiger partial charge is 0.160 e. The first-order valence-corrected chi connectivity index (χ1v) is 21.7. The lowest BCUT2D eigenvalue weighted by Crippen LogP contribution is -2.22. The largest absolute Gasteiger partial charge is 0.228 e. The summed E-state index contributed by atoms with van der Waals surface area (Å²) in [6, 6.07) is 77.1. The highest BCUT2D eigenvalue weighted by Gasteiger charge is 2.41. The molecule has 11 aromatic rings. The molecule has 1 aliphatic rings. The summed E-state index contributed by atoms with van der Waals surface area (Å²) in [5.74, 6) is 0.700. The van der Waals surface area contributed by atoms with E-state index in [1.165, 1.54) is 69.9 Å². The number of fused-ring (bicyclic) bond motifs is 7. The van der Waals surface area contributed by atoms with Gasteiger partial charge in [-0.15, -0.1) is 11.3 Å². The van der Waals surface area contributed by atoms with Crippen molar-refractivity contribution in [2.75, 3.05) is 0 Å². The van der Waals surface area contributed by atoms with Crippen molar-refractivity contribution in [1.82, 2.24) is 9.97 Å². The zero-order valence-corrected chi connectivity index (χ0v) is 34.3. The first-order chi connectivity index (χ1) is 30.1. The molecule has 9 aromatic carbocycles. The van der Waals surface area contributed by atoms with Gasteiger partial charge in [-0.3, -0.25) is 0 Å². The van der Waals surface area contributed by atoms with Crippen LogP contribution in [0, 0.1) is 0 Å². The third-order valence-corrected chi connectivity index (χ3v) is 13.9. The Morgan fingerprint density at radius 3 is 1.89 bits per heavy atom. The lowest BCUT2D eigenvalue weighted by atomic mass is 9.74. The Hall–Kier alpha value is -7.46. The molecule has 0 saturated carbocycles. The van der Waals surface area contributed by atoms with Crippen molar-refractivity contribution in [2.45, 2.75) is 12.3 Å². The van der Waals surface area contributed by atoms with E-state index in [9.17, 15) is 0 Å². The summed E-state index contributed by atoms with van der Waals surface area (Å²) in [5, 5.41) is 5.02. The van der Waals surface area contributed by atoms with E-state index in [4.69, 9.17) is 9.97 Å². The van der Waals surface area contributed by atoms with Gasteiger partial charge in [-0.2, -0.15) is 0 Å². The van der Waals surface area contributed by atoms with Gasteiger partial charge in [0.2, 0.25) is 0 Å². The van der Waals surface area contributed by atoms with Crippen LogP contribution in [0.3, 0.4) is 0 Å². The second kappa shape index (κ2) is 14.1. The molecule has 0 bridgehead atoms. The van der Waals surface area contributed by atoms with Crippen LogP contribution >= 0.6 is 11.3 Å². The minimum Gasteiger partial charge on any atom is -0.228 e. The maximum Gasteiger partial charge on any atom is 0.160 e. The zero-order chi connectivity index (χ0) is 40.5. The van der Waals surface area contributed by atoms with E-state index < -0.39 is 0 Å². The molecule has 286 valence electrons. The second-order valence-corrected chi connectivity index (χ2v) is 17.3. The van der Waals surface area contributed by atoms with Crippen LogP contribution in [0.4, 0.5) is 0 Å². The quantitative estimate of drug-likeness (QED) is 0.168. The molecule has 1 aliphatic carbocycles. The molecule has 2 heterocycles. The van der Waals surface area contributed by atoms with Crippen LogP contribution < -0.4 is 0 Å². The van der Waals surface area contributed by atoms with Gasteiger partial charge < -0.3 is 0 Å². The van der Waals surface area contributed by atoms with Gasteiger partial charge in [0.1, 0.15) is 0 Å². The van der Waals surface area contributed by atoms with E-state index in [1.54, 1.807) is 0 Å². The first-order valence-electron chi connectivity index (χ1n) is 20.9. The molecule has 3 heteroatoms. The van der Waals surface area contributed by atoms with Gasteiger partial charge in [-0.05, 0) is 110 Å². The Morgan fingerprint density at radius 1 is 0.377 bits per heavy atom. The highest BCUT2D eigenvalue weighted by Crippen LogP contribution is 2.55. The number of hydrogen-bond donors (Lipinski definition) is 0. The summed E-state index contributed by atoms with van der Waals surface area (Å²) in [6.45, 7) is 2.37. The fraction of sp³-hybridized carbons (Fsp3) is 0.0345. The molecule has 0 radical (unpaired) electrons. The molecule has 0 saturated heterocycles. The Balaban J connectivity index is 1.11. The van der Waals surface area contributed by atoms with Crippen LogP contribution in [0.5, 0.6) is 0 Å². The molecule has 2 aromatic heterocycles.